The topological polar surface area (TPSA) is 88.5 Å². The van der Waals surface area contributed by atoms with Crippen LogP contribution in [0, 0.1) is 25.5 Å². The molecule has 5 aromatic rings. The predicted octanol–water partition coefficient (Wildman–Crippen LogP) is 4.66. The van der Waals surface area contributed by atoms with Crippen molar-refractivity contribution in [1.82, 2.24) is 24.7 Å². The Balaban J connectivity index is 1.51. The van der Waals surface area contributed by atoms with E-state index >= 15 is 0 Å². The third-order valence-electron chi connectivity index (χ3n) is 5.26. The first-order chi connectivity index (χ1) is 15.3. The zero-order chi connectivity index (χ0) is 22.6. The van der Waals surface area contributed by atoms with Crippen LogP contribution in [0.3, 0.4) is 0 Å². The summed E-state index contributed by atoms with van der Waals surface area (Å²) in [5.41, 5.74) is 4.24. The summed E-state index contributed by atoms with van der Waals surface area (Å²) < 4.78 is 29.3. The molecule has 160 valence electrons. The van der Waals surface area contributed by atoms with Crippen LogP contribution in [0.15, 0.2) is 42.5 Å². The predicted molar refractivity (Wildman–Crippen MR) is 117 cm³/mol. The normalized spacial score (nSPS) is 11.4. The molecule has 2 N–H and O–H groups in total. The van der Waals surface area contributed by atoms with Gasteiger partial charge in [-0.1, -0.05) is 0 Å². The molecule has 0 saturated carbocycles. The number of imidazole rings is 1. The molecule has 9 heteroatoms. The number of carbonyl (C=O) groups is 1. The number of H-pyrrole nitrogens is 1. The molecule has 0 aliphatic heterocycles. The number of hydrogen-bond acceptors (Lipinski definition) is 4. The van der Waals surface area contributed by atoms with Crippen molar-refractivity contribution in [2.75, 3.05) is 5.32 Å². The van der Waals surface area contributed by atoms with Crippen molar-refractivity contribution < 1.29 is 13.6 Å². The summed E-state index contributed by atoms with van der Waals surface area (Å²) in [4.78, 5) is 24.9. The second-order valence-electron chi connectivity index (χ2n) is 7.61. The number of anilines is 1. The van der Waals surface area contributed by atoms with Gasteiger partial charge in [0.25, 0.3) is 5.91 Å². The largest absolute Gasteiger partial charge is 0.338 e. The van der Waals surface area contributed by atoms with Crippen LogP contribution >= 0.6 is 0 Å². The first-order valence-corrected chi connectivity index (χ1v) is 9.87. The summed E-state index contributed by atoms with van der Waals surface area (Å²) in [7, 11) is 1.79. The molecule has 0 bridgehead atoms. The molecule has 2 aromatic carbocycles. The van der Waals surface area contributed by atoms with Crippen LogP contribution in [0.4, 0.5) is 14.5 Å². The molecule has 1 amide bonds. The summed E-state index contributed by atoms with van der Waals surface area (Å²) in [6, 6.07) is 10.0. The third-order valence-corrected chi connectivity index (χ3v) is 5.26. The molecule has 0 unspecified atom stereocenters. The van der Waals surface area contributed by atoms with Crippen molar-refractivity contribution in [3.8, 4) is 11.4 Å². The minimum absolute atomic E-state index is 0.0356. The Labute approximate surface area is 181 Å². The number of rotatable bonds is 3. The van der Waals surface area contributed by atoms with E-state index in [2.05, 4.69) is 25.4 Å². The Bertz CT molecular complexity index is 1540. The van der Waals surface area contributed by atoms with E-state index in [1.54, 1.807) is 36.0 Å². The molecule has 0 aliphatic rings. The van der Waals surface area contributed by atoms with Gasteiger partial charge in [0.1, 0.15) is 17.5 Å². The number of amides is 1. The molecule has 0 aliphatic carbocycles. The second kappa shape index (κ2) is 7.23. The van der Waals surface area contributed by atoms with E-state index in [4.69, 9.17) is 0 Å². The maximum Gasteiger partial charge on any atom is 0.256 e. The number of nitrogens with zero attached hydrogens (tertiary/aromatic N) is 4. The first kappa shape index (κ1) is 19.8. The van der Waals surface area contributed by atoms with Crippen LogP contribution in [-0.4, -0.2) is 30.6 Å². The highest BCUT2D eigenvalue weighted by Crippen LogP contribution is 2.27. The van der Waals surface area contributed by atoms with Crippen LogP contribution < -0.4 is 5.32 Å². The number of benzene rings is 2. The minimum atomic E-state index is -0.581. The van der Waals surface area contributed by atoms with Gasteiger partial charge < -0.3 is 10.3 Å². The van der Waals surface area contributed by atoms with E-state index in [9.17, 15) is 13.6 Å². The van der Waals surface area contributed by atoms with Crippen molar-refractivity contribution >= 4 is 33.7 Å². The Kier molecular flexibility index (Phi) is 4.47. The maximum atomic E-state index is 14.1. The van der Waals surface area contributed by atoms with Crippen molar-refractivity contribution in [2.24, 2.45) is 7.05 Å². The average molecular weight is 432 g/mol. The molecule has 0 saturated heterocycles. The molecule has 5 rings (SSSR count). The number of halogens is 2. The van der Waals surface area contributed by atoms with E-state index in [0.717, 1.165) is 18.2 Å². The van der Waals surface area contributed by atoms with Gasteiger partial charge in [0.05, 0.1) is 33.2 Å². The highest BCUT2D eigenvalue weighted by atomic mass is 19.1. The SMILES string of the molecule is Cc1cc(C(=O)Nc2ccc3nc(-c4cc(F)ccc4F)[nH]c3c2)c2c(C)nn(C)c2n1. The standard InChI is InChI=1S/C23H18F2N6O/c1-11-8-16(20-12(2)30-31(3)22(20)26-11)23(32)27-14-5-7-18-19(10-14)29-21(28-18)15-9-13(24)4-6-17(15)25/h4-10H,1-3H3,(H,27,32)(H,28,29). The average Bonchev–Trinajstić information content (AvgIpc) is 3.29. The highest BCUT2D eigenvalue weighted by Gasteiger charge is 2.18. The van der Waals surface area contributed by atoms with Crippen LogP contribution in [0.25, 0.3) is 33.5 Å². The van der Waals surface area contributed by atoms with Crippen LogP contribution in [0.1, 0.15) is 21.7 Å². The molecule has 7 nitrogen and oxygen atoms in total. The number of carbonyl (C=O) groups excluding carboxylic acids is 1. The lowest BCUT2D eigenvalue weighted by molar-refractivity contribution is 0.102. The van der Waals surface area contributed by atoms with E-state index in [1.807, 2.05) is 13.8 Å². The van der Waals surface area contributed by atoms with Gasteiger partial charge in [-0.25, -0.2) is 18.7 Å². The van der Waals surface area contributed by atoms with Gasteiger partial charge in [0, 0.05) is 18.4 Å². The summed E-state index contributed by atoms with van der Waals surface area (Å²) in [6.07, 6.45) is 0. The van der Waals surface area contributed by atoms with E-state index in [0.29, 0.717) is 44.7 Å². The van der Waals surface area contributed by atoms with Crippen LogP contribution in [-0.2, 0) is 7.05 Å². The number of aromatic amines is 1. The fourth-order valence-electron chi connectivity index (χ4n) is 3.84. The zero-order valence-corrected chi connectivity index (χ0v) is 17.5. The molecular formula is C23H18F2N6O. The number of nitrogens with one attached hydrogen (secondary N) is 2. The zero-order valence-electron chi connectivity index (χ0n) is 17.5. The number of fused-ring (bicyclic) bond motifs is 2. The molecule has 3 heterocycles. The summed E-state index contributed by atoms with van der Waals surface area (Å²) >= 11 is 0. The molecular weight excluding hydrogens is 414 g/mol. The Hall–Kier alpha value is -4.14. The number of aryl methyl sites for hydroxylation is 3. The quantitative estimate of drug-likeness (QED) is 0.434. The van der Waals surface area contributed by atoms with Crippen LogP contribution in [0.5, 0.6) is 0 Å². The van der Waals surface area contributed by atoms with Gasteiger partial charge in [-0.3, -0.25) is 9.48 Å². The van der Waals surface area contributed by atoms with Gasteiger partial charge in [-0.2, -0.15) is 5.10 Å². The fourth-order valence-corrected chi connectivity index (χ4v) is 3.84. The lowest BCUT2D eigenvalue weighted by atomic mass is 10.1. The molecule has 3 aromatic heterocycles. The molecule has 32 heavy (non-hydrogen) atoms. The van der Waals surface area contributed by atoms with Gasteiger partial charge in [0.15, 0.2) is 5.65 Å². The summed E-state index contributed by atoms with van der Waals surface area (Å²) in [5, 5.41) is 7.96. The summed E-state index contributed by atoms with van der Waals surface area (Å²) in [6.45, 7) is 3.65. The number of hydrogen-bond donors (Lipinski definition) is 2. The van der Waals surface area contributed by atoms with Crippen molar-refractivity contribution in [3.63, 3.8) is 0 Å². The number of pyridine rings is 1. The minimum Gasteiger partial charge on any atom is -0.338 e. The maximum absolute atomic E-state index is 14.1. The molecule has 0 spiro atoms. The Morgan fingerprint density at radius 1 is 1.06 bits per heavy atom. The lowest BCUT2D eigenvalue weighted by Gasteiger charge is -2.08. The molecule has 0 fully saturated rings. The smallest absolute Gasteiger partial charge is 0.256 e. The second-order valence-corrected chi connectivity index (χ2v) is 7.61. The van der Waals surface area contributed by atoms with Crippen molar-refractivity contribution in [2.45, 2.75) is 13.8 Å². The van der Waals surface area contributed by atoms with E-state index in [1.165, 1.54) is 0 Å². The van der Waals surface area contributed by atoms with Gasteiger partial charge >= 0.3 is 0 Å². The first-order valence-electron chi connectivity index (χ1n) is 9.87. The van der Waals surface area contributed by atoms with Gasteiger partial charge in [-0.15, -0.1) is 0 Å². The monoisotopic (exact) mass is 432 g/mol. The lowest BCUT2D eigenvalue weighted by Crippen LogP contribution is -2.13. The van der Waals surface area contributed by atoms with Crippen molar-refractivity contribution in [3.05, 3.63) is 71.1 Å². The van der Waals surface area contributed by atoms with Gasteiger partial charge in [0.2, 0.25) is 0 Å². The fraction of sp³-hybridized carbons (Fsp3) is 0.130. The van der Waals surface area contributed by atoms with Crippen LogP contribution in [0.2, 0.25) is 0 Å². The molecule has 0 radical (unpaired) electrons. The summed E-state index contributed by atoms with van der Waals surface area (Å²) in [5.74, 6) is -1.23. The Morgan fingerprint density at radius 3 is 2.69 bits per heavy atom. The van der Waals surface area contributed by atoms with Crippen molar-refractivity contribution in [1.29, 1.82) is 0 Å². The Morgan fingerprint density at radius 2 is 1.88 bits per heavy atom. The molecule has 0 atom stereocenters. The number of aromatic nitrogens is 5. The highest BCUT2D eigenvalue weighted by molar-refractivity contribution is 6.13. The van der Waals surface area contributed by atoms with Gasteiger partial charge in [-0.05, 0) is 56.3 Å². The van der Waals surface area contributed by atoms with E-state index < -0.39 is 11.6 Å². The van der Waals surface area contributed by atoms with E-state index in [-0.39, 0.29) is 17.3 Å². The third kappa shape index (κ3) is 3.27.